The molecule has 2 aromatic rings. The van der Waals surface area contributed by atoms with Crippen molar-refractivity contribution in [3.05, 3.63) is 46.3 Å². The number of benzene rings is 1. The van der Waals surface area contributed by atoms with E-state index in [1.807, 2.05) is 6.07 Å². The van der Waals surface area contributed by atoms with Crippen LogP contribution >= 0.6 is 23.2 Å². The Bertz CT molecular complexity index is 576. The molecule has 1 aromatic carbocycles. The second kappa shape index (κ2) is 4.48. The lowest BCUT2D eigenvalue weighted by molar-refractivity contribution is 1.14. The smallest absolute Gasteiger partial charge is 0.144 e. The van der Waals surface area contributed by atoms with Crippen LogP contribution in [0.15, 0.2) is 30.6 Å². The molecule has 0 unspecified atom stereocenters. The Labute approximate surface area is 102 Å². The van der Waals surface area contributed by atoms with Gasteiger partial charge in [0.1, 0.15) is 18.1 Å². The number of hydrogen-bond acceptors (Lipinski definition) is 3. The summed E-state index contributed by atoms with van der Waals surface area (Å²) in [5.74, 6) is 0. The fourth-order valence-electron chi connectivity index (χ4n) is 1.23. The van der Waals surface area contributed by atoms with Crippen LogP contribution in [0.25, 0.3) is 11.3 Å². The zero-order valence-corrected chi connectivity index (χ0v) is 9.50. The van der Waals surface area contributed by atoms with Crippen LogP contribution in [0.2, 0.25) is 10.0 Å². The highest BCUT2D eigenvalue weighted by atomic mass is 35.5. The van der Waals surface area contributed by atoms with E-state index in [0.717, 1.165) is 5.56 Å². The van der Waals surface area contributed by atoms with Crippen molar-refractivity contribution >= 4 is 23.2 Å². The molecule has 3 nitrogen and oxygen atoms in total. The summed E-state index contributed by atoms with van der Waals surface area (Å²) in [5.41, 5.74) is 1.76. The van der Waals surface area contributed by atoms with Crippen molar-refractivity contribution in [2.75, 3.05) is 0 Å². The highest BCUT2D eigenvalue weighted by Crippen LogP contribution is 2.27. The third-order valence-electron chi connectivity index (χ3n) is 2.00. The number of nitriles is 1. The molecule has 0 atom stereocenters. The van der Waals surface area contributed by atoms with Crippen LogP contribution in [0.4, 0.5) is 0 Å². The lowest BCUT2D eigenvalue weighted by Gasteiger charge is -2.02. The third-order valence-corrected chi connectivity index (χ3v) is 2.74. The molecule has 16 heavy (non-hydrogen) atoms. The van der Waals surface area contributed by atoms with Gasteiger partial charge in [0.2, 0.25) is 0 Å². The lowest BCUT2D eigenvalue weighted by atomic mass is 10.1. The molecule has 0 spiro atoms. The first-order chi connectivity index (χ1) is 7.70. The van der Waals surface area contributed by atoms with E-state index in [9.17, 15) is 0 Å². The van der Waals surface area contributed by atoms with E-state index >= 15 is 0 Å². The molecule has 0 bridgehead atoms. The third kappa shape index (κ3) is 2.13. The van der Waals surface area contributed by atoms with Gasteiger partial charge < -0.3 is 0 Å². The summed E-state index contributed by atoms with van der Waals surface area (Å²) in [6.45, 7) is 0. The number of rotatable bonds is 1. The lowest BCUT2D eigenvalue weighted by Crippen LogP contribution is -1.88. The minimum atomic E-state index is 0.316. The Morgan fingerprint density at radius 3 is 2.56 bits per heavy atom. The molecule has 0 saturated carbocycles. The van der Waals surface area contributed by atoms with E-state index in [2.05, 4.69) is 9.97 Å². The topological polar surface area (TPSA) is 49.6 Å². The fraction of sp³-hybridized carbons (Fsp3) is 0. The second-order valence-electron chi connectivity index (χ2n) is 3.03. The summed E-state index contributed by atoms with van der Waals surface area (Å²) < 4.78 is 0. The van der Waals surface area contributed by atoms with Gasteiger partial charge in [0.05, 0.1) is 15.7 Å². The van der Waals surface area contributed by atoms with Gasteiger partial charge >= 0.3 is 0 Å². The maximum atomic E-state index is 8.72. The van der Waals surface area contributed by atoms with Gasteiger partial charge in [0.25, 0.3) is 0 Å². The number of hydrogen-bond donors (Lipinski definition) is 0. The highest BCUT2D eigenvalue weighted by Gasteiger charge is 2.04. The Balaban J connectivity index is 2.51. The Kier molecular flexibility index (Phi) is 3.04. The van der Waals surface area contributed by atoms with Gasteiger partial charge in [-0.3, -0.25) is 0 Å². The molecule has 5 heteroatoms. The monoisotopic (exact) mass is 249 g/mol. The SMILES string of the molecule is N#Cc1cc(-c2ccc(Cl)c(Cl)c2)ncn1. The molecular weight excluding hydrogens is 245 g/mol. The average Bonchev–Trinajstić information content (AvgIpc) is 2.33. The van der Waals surface area contributed by atoms with E-state index in [1.54, 1.807) is 24.3 Å². The normalized spacial score (nSPS) is 9.81. The van der Waals surface area contributed by atoms with Crippen molar-refractivity contribution in [2.45, 2.75) is 0 Å². The van der Waals surface area contributed by atoms with Crippen molar-refractivity contribution in [1.29, 1.82) is 5.26 Å². The van der Waals surface area contributed by atoms with Crippen molar-refractivity contribution in [3.63, 3.8) is 0 Å². The molecule has 0 fully saturated rings. The van der Waals surface area contributed by atoms with Crippen molar-refractivity contribution in [3.8, 4) is 17.3 Å². The van der Waals surface area contributed by atoms with Crippen LogP contribution in [-0.4, -0.2) is 9.97 Å². The molecule has 0 aliphatic heterocycles. The molecule has 0 aliphatic carbocycles. The molecular formula is C11H5Cl2N3. The van der Waals surface area contributed by atoms with Crippen LogP contribution in [0.3, 0.4) is 0 Å². The largest absolute Gasteiger partial charge is 0.236 e. The van der Waals surface area contributed by atoms with Crippen LogP contribution < -0.4 is 0 Å². The van der Waals surface area contributed by atoms with E-state index in [0.29, 0.717) is 21.4 Å². The molecule has 2 rings (SSSR count). The number of nitrogens with zero attached hydrogens (tertiary/aromatic N) is 3. The number of halogens is 2. The molecule has 0 saturated heterocycles. The van der Waals surface area contributed by atoms with Gasteiger partial charge in [-0.1, -0.05) is 29.3 Å². The van der Waals surface area contributed by atoms with Crippen LogP contribution in [0, 0.1) is 11.3 Å². The van der Waals surface area contributed by atoms with E-state index in [4.69, 9.17) is 28.5 Å². The number of aromatic nitrogens is 2. The minimum absolute atomic E-state index is 0.316. The summed E-state index contributed by atoms with van der Waals surface area (Å²) in [4.78, 5) is 7.86. The van der Waals surface area contributed by atoms with Crippen LogP contribution in [-0.2, 0) is 0 Å². The molecule has 1 heterocycles. The van der Waals surface area contributed by atoms with Crippen LogP contribution in [0.5, 0.6) is 0 Å². The highest BCUT2D eigenvalue weighted by molar-refractivity contribution is 6.42. The van der Waals surface area contributed by atoms with Gasteiger partial charge in [0, 0.05) is 11.6 Å². The van der Waals surface area contributed by atoms with Gasteiger partial charge in [-0.25, -0.2) is 9.97 Å². The van der Waals surface area contributed by atoms with Gasteiger partial charge in [-0.05, 0) is 12.1 Å². The summed E-state index contributed by atoms with van der Waals surface area (Å²) in [6.07, 6.45) is 1.34. The maximum absolute atomic E-state index is 8.72. The molecule has 0 aliphatic rings. The summed E-state index contributed by atoms with van der Waals surface area (Å²) in [7, 11) is 0. The first-order valence-corrected chi connectivity index (χ1v) is 5.14. The Morgan fingerprint density at radius 1 is 1.06 bits per heavy atom. The van der Waals surface area contributed by atoms with E-state index < -0.39 is 0 Å². The Morgan fingerprint density at radius 2 is 1.88 bits per heavy atom. The summed E-state index contributed by atoms with van der Waals surface area (Å²) >= 11 is 11.7. The quantitative estimate of drug-likeness (QED) is 0.779. The average molecular weight is 250 g/mol. The molecule has 0 radical (unpaired) electrons. The summed E-state index contributed by atoms with van der Waals surface area (Å²) in [6, 6.07) is 8.73. The van der Waals surface area contributed by atoms with E-state index in [1.165, 1.54) is 6.33 Å². The standard InChI is InChI=1S/C11H5Cl2N3/c12-9-2-1-7(3-10(9)13)11-4-8(5-14)15-6-16-11/h1-4,6H. The van der Waals surface area contributed by atoms with Crippen molar-refractivity contribution in [2.24, 2.45) is 0 Å². The van der Waals surface area contributed by atoms with Gasteiger partial charge in [0.15, 0.2) is 0 Å². The van der Waals surface area contributed by atoms with Crippen LogP contribution in [0.1, 0.15) is 5.69 Å². The maximum Gasteiger partial charge on any atom is 0.144 e. The predicted molar refractivity (Wildman–Crippen MR) is 62.2 cm³/mol. The molecule has 0 amide bonds. The van der Waals surface area contributed by atoms with Crippen molar-refractivity contribution < 1.29 is 0 Å². The fourth-order valence-corrected chi connectivity index (χ4v) is 1.53. The first-order valence-electron chi connectivity index (χ1n) is 4.38. The van der Waals surface area contributed by atoms with E-state index in [-0.39, 0.29) is 0 Å². The zero-order valence-electron chi connectivity index (χ0n) is 7.98. The Hall–Kier alpha value is -1.63. The molecule has 1 aromatic heterocycles. The molecule has 0 N–H and O–H groups in total. The van der Waals surface area contributed by atoms with Gasteiger partial charge in [-0.15, -0.1) is 0 Å². The predicted octanol–water partition coefficient (Wildman–Crippen LogP) is 3.32. The zero-order chi connectivity index (χ0) is 11.5. The second-order valence-corrected chi connectivity index (χ2v) is 3.84. The minimum Gasteiger partial charge on any atom is -0.236 e. The first kappa shape index (κ1) is 10.9. The molecule has 78 valence electrons. The summed E-state index contributed by atoms with van der Waals surface area (Å²) in [5, 5.41) is 9.66. The van der Waals surface area contributed by atoms with Gasteiger partial charge in [-0.2, -0.15) is 5.26 Å². The van der Waals surface area contributed by atoms with Crippen molar-refractivity contribution in [1.82, 2.24) is 9.97 Å².